The summed E-state index contributed by atoms with van der Waals surface area (Å²) in [5, 5.41) is 3.50. The summed E-state index contributed by atoms with van der Waals surface area (Å²) in [5.41, 5.74) is 1.83. The Bertz CT molecular complexity index is 1360. The maximum absolute atomic E-state index is 13.6. The summed E-state index contributed by atoms with van der Waals surface area (Å²) in [5.74, 6) is 0.413. The molecule has 1 saturated heterocycles. The summed E-state index contributed by atoms with van der Waals surface area (Å²) < 4.78 is 44.1. The van der Waals surface area contributed by atoms with Gasteiger partial charge in [-0.3, -0.25) is 9.59 Å². The third-order valence-corrected chi connectivity index (χ3v) is 7.05. The number of halogens is 2. The van der Waals surface area contributed by atoms with Crippen LogP contribution in [0.5, 0.6) is 11.5 Å². The summed E-state index contributed by atoms with van der Waals surface area (Å²) >= 11 is 0. The van der Waals surface area contributed by atoms with E-state index >= 15 is 0 Å². The highest BCUT2D eigenvalue weighted by atomic mass is 19.3. The van der Waals surface area contributed by atoms with Gasteiger partial charge >= 0.3 is 6.61 Å². The fourth-order valence-corrected chi connectivity index (χ4v) is 5.30. The highest BCUT2D eigenvalue weighted by Crippen LogP contribution is 2.37. The molecular weight excluding hydrogens is 496 g/mol. The van der Waals surface area contributed by atoms with Gasteiger partial charge in [0.25, 0.3) is 11.5 Å². The Morgan fingerprint density at radius 1 is 1.16 bits per heavy atom. The van der Waals surface area contributed by atoms with Crippen LogP contribution in [-0.2, 0) is 11.3 Å². The molecule has 10 heteroatoms. The maximum atomic E-state index is 13.6. The second-order valence-electron chi connectivity index (χ2n) is 10.1. The molecular formula is C28H35F2N3O5. The fraction of sp³-hybridized carbons (Fsp3) is 0.500. The smallest absolute Gasteiger partial charge is 0.387 e. The van der Waals surface area contributed by atoms with Crippen LogP contribution < -0.4 is 20.3 Å². The lowest BCUT2D eigenvalue weighted by Crippen LogP contribution is -2.29. The maximum Gasteiger partial charge on any atom is 0.387 e. The number of aromatic nitrogens is 2. The molecule has 1 aliphatic heterocycles. The molecule has 0 saturated carbocycles. The third-order valence-electron chi connectivity index (χ3n) is 7.05. The molecule has 4 rings (SSSR count). The van der Waals surface area contributed by atoms with Crippen molar-refractivity contribution in [2.45, 2.75) is 72.8 Å². The SMILES string of the molecule is Cc1cc(OC(F)F)c(CNC(=O)c2c(C)n(C(C)C3CCOCC3)c3cc(OC(C)C)ccc23)c(=O)[nH]1. The topological polar surface area (TPSA) is 94.6 Å². The summed E-state index contributed by atoms with van der Waals surface area (Å²) in [6.07, 6.45) is 1.84. The van der Waals surface area contributed by atoms with E-state index in [0.717, 1.165) is 29.4 Å². The lowest BCUT2D eigenvalue weighted by atomic mass is 9.92. The number of carbonyl (C=O) groups excluding carboxylic acids is 1. The first-order valence-electron chi connectivity index (χ1n) is 12.9. The van der Waals surface area contributed by atoms with E-state index in [1.54, 1.807) is 6.92 Å². The van der Waals surface area contributed by atoms with E-state index in [0.29, 0.717) is 36.1 Å². The average Bonchev–Trinajstić information content (AvgIpc) is 3.13. The van der Waals surface area contributed by atoms with Gasteiger partial charge in [-0.25, -0.2) is 0 Å². The molecule has 1 fully saturated rings. The quantitative estimate of drug-likeness (QED) is 0.393. The van der Waals surface area contributed by atoms with Crippen molar-refractivity contribution in [3.05, 3.63) is 57.1 Å². The monoisotopic (exact) mass is 531 g/mol. The van der Waals surface area contributed by atoms with Gasteiger partial charge in [-0.05, 0) is 65.5 Å². The number of nitrogens with zero attached hydrogens (tertiary/aromatic N) is 1. The van der Waals surface area contributed by atoms with Gasteiger partial charge in [-0.1, -0.05) is 0 Å². The van der Waals surface area contributed by atoms with Crippen molar-refractivity contribution < 1.29 is 27.8 Å². The van der Waals surface area contributed by atoms with E-state index in [2.05, 4.69) is 26.5 Å². The van der Waals surface area contributed by atoms with Crippen LogP contribution in [0.1, 0.15) is 67.0 Å². The standard InChI is InChI=1S/C28H35F2N3O5/c1-15(2)37-20-6-7-21-23(13-20)33(17(4)19-8-10-36-11-9-19)18(5)25(21)27(35)31-14-22-24(38-28(29)30)12-16(3)32-26(22)34/h6-7,12-13,15,17,19,28H,8-11,14H2,1-5H3,(H,31,35)(H,32,34). The molecule has 1 amide bonds. The van der Waals surface area contributed by atoms with Gasteiger partial charge in [0, 0.05) is 48.2 Å². The molecule has 1 aliphatic rings. The Kier molecular flexibility index (Phi) is 8.40. The highest BCUT2D eigenvalue weighted by Gasteiger charge is 2.28. The van der Waals surface area contributed by atoms with Crippen molar-refractivity contribution in [1.82, 2.24) is 14.9 Å². The number of hydrogen-bond donors (Lipinski definition) is 2. The molecule has 3 heterocycles. The first-order chi connectivity index (χ1) is 18.1. The van der Waals surface area contributed by atoms with Crippen molar-refractivity contribution in [3.8, 4) is 11.5 Å². The molecule has 1 unspecified atom stereocenters. The van der Waals surface area contributed by atoms with Crippen LogP contribution in [-0.4, -0.2) is 41.4 Å². The van der Waals surface area contributed by atoms with Crippen molar-refractivity contribution in [3.63, 3.8) is 0 Å². The van der Waals surface area contributed by atoms with Crippen LogP contribution in [0.2, 0.25) is 0 Å². The lowest BCUT2D eigenvalue weighted by Gasteiger charge is -2.30. The van der Waals surface area contributed by atoms with Crippen LogP contribution in [0.15, 0.2) is 29.1 Å². The Morgan fingerprint density at radius 3 is 2.53 bits per heavy atom. The normalized spacial score (nSPS) is 15.3. The molecule has 0 spiro atoms. The minimum Gasteiger partial charge on any atom is -0.491 e. The van der Waals surface area contributed by atoms with Gasteiger partial charge in [0.2, 0.25) is 0 Å². The number of nitrogens with one attached hydrogen (secondary N) is 2. The van der Waals surface area contributed by atoms with Crippen molar-refractivity contribution in [2.24, 2.45) is 5.92 Å². The van der Waals surface area contributed by atoms with Crippen LogP contribution in [0.4, 0.5) is 8.78 Å². The number of aryl methyl sites for hydroxylation is 1. The Labute approximate surface area is 220 Å². The van der Waals surface area contributed by atoms with Crippen LogP contribution in [0.25, 0.3) is 10.9 Å². The summed E-state index contributed by atoms with van der Waals surface area (Å²) in [6.45, 7) is 7.57. The van der Waals surface area contributed by atoms with Crippen molar-refractivity contribution in [1.29, 1.82) is 0 Å². The first-order valence-corrected chi connectivity index (χ1v) is 12.9. The van der Waals surface area contributed by atoms with Crippen molar-refractivity contribution >= 4 is 16.8 Å². The zero-order valence-corrected chi connectivity index (χ0v) is 22.4. The van der Waals surface area contributed by atoms with Crippen LogP contribution in [0, 0.1) is 19.8 Å². The number of benzene rings is 1. The van der Waals surface area contributed by atoms with Crippen LogP contribution >= 0.6 is 0 Å². The largest absolute Gasteiger partial charge is 0.491 e. The van der Waals surface area contributed by atoms with E-state index in [1.165, 1.54) is 6.07 Å². The number of amides is 1. The second kappa shape index (κ2) is 11.6. The zero-order valence-electron chi connectivity index (χ0n) is 22.4. The fourth-order valence-electron chi connectivity index (χ4n) is 5.30. The molecule has 1 aromatic carbocycles. The number of H-pyrrole nitrogens is 1. The predicted octanol–water partition coefficient (Wildman–Crippen LogP) is 5.25. The summed E-state index contributed by atoms with van der Waals surface area (Å²) in [4.78, 5) is 28.6. The number of alkyl halides is 2. The molecule has 3 aromatic rings. The van der Waals surface area contributed by atoms with Gasteiger partial charge in [0.15, 0.2) is 0 Å². The van der Waals surface area contributed by atoms with Gasteiger partial charge < -0.3 is 29.1 Å². The predicted molar refractivity (Wildman–Crippen MR) is 140 cm³/mol. The third kappa shape index (κ3) is 5.85. The van der Waals surface area contributed by atoms with Crippen LogP contribution in [0.3, 0.4) is 0 Å². The zero-order chi connectivity index (χ0) is 27.6. The molecule has 206 valence electrons. The number of rotatable bonds is 9. The Hall–Kier alpha value is -3.40. The molecule has 0 radical (unpaired) electrons. The molecule has 2 aromatic heterocycles. The minimum absolute atomic E-state index is 0.00935. The molecule has 0 bridgehead atoms. The summed E-state index contributed by atoms with van der Waals surface area (Å²) in [6, 6.07) is 7.07. The molecule has 1 atom stereocenters. The molecule has 0 aliphatic carbocycles. The number of pyridine rings is 1. The van der Waals surface area contributed by atoms with E-state index in [1.807, 2.05) is 39.0 Å². The number of fused-ring (bicyclic) bond motifs is 1. The molecule has 38 heavy (non-hydrogen) atoms. The first kappa shape index (κ1) is 27.6. The molecule has 2 N–H and O–H groups in total. The van der Waals surface area contributed by atoms with E-state index in [9.17, 15) is 18.4 Å². The summed E-state index contributed by atoms with van der Waals surface area (Å²) in [7, 11) is 0. The van der Waals surface area contributed by atoms with E-state index in [4.69, 9.17) is 9.47 Å². The van der Waals surface area contributed by atoms with E-state index in [-0.39, 0.29) is 30.0 Å². The Morgan fingerprint density at radius 2 is 1.87 bits per heavy atom. The second-order valence-corrected chi connectivity index (χ2v) is 10.1. The van der Waals surface area contributed by atoms with Gasteiger partial charge in [-0.2, -0.15) is 8.78 Å². The minimum atomic E-state index is -3.10. The average molecular weight is 532 g/mol. The Balaban J connectivity index is 1.72. The number of hydrogen-bond acceptors (Lipinski definition) is 5. The highest BCUT2D eigenvalue weighted by molar-refractivity contribution is 6.08. The number of ether oxygens (including phenoxy) is 3. The lowest BCUT2D eigenvalue weighted by molar-refractivity contribution is -0.0506. The number of carbonyl (C=O) groups is 1. The van der Waals surface area contributed by atoms with Gasteiger partial charge in [-0.15, -0.1) is 0 Å². The van der Waals surface area contributed by atoms with Crippen molar-refractivity contribution in [2.75, 3.05) is 13.2 Å². The number of aromatic amines is 1. The van der Waals surface area contributed by atoms with Gasteiger partial charge in [0.1, 0.15) is 11.5 Å². The molecule has 8 nitrogen and oxygen atoms in total. The van der Waals surface area contributed by atoms with E-state index < -0.39 is 18.1 Å². The van der Waals surface area contributed by atoms with Gasteiger partial charge in [0.05, 0.1) is 29.3 Å².